The van der Waals surface area contributed by atoms with Gasteiger partial charge in [-0.05, 0) is 12.1 Å². The summed E-state index contributed by atoms with van der Waals surface area (Å²) in [7, 11) is 0. The fourth-order valence-electron chi connectivity index (χ4n) is 3.50. The van der Waals surface area contributed by atoms with E-state index in [1.165, 1.54) is 0 Å². The number of aromatic nitrogens is 2. The summed E-state index contributed by atoms with van der Waals surface area (Å²) in [5.41, 5.74) is 2.05. The highest BCUT2D eigenvalue weighted by Crippen LogP contribution is 2.18. The summed E-state index contributed by atoms with van der Waals surface area (Å²) in [5, 5.41) is 0. The van der Waals surface area contributed by atoms with Crippen LogP contribution in [-0.4, -0.2) is 76.1 Å². The first-order chi connectivity index (χ1) is 12.3. The van der Waals surface area contributed by atoms with Gasteiger partial charge in [0.1, 0.15) is 5.82 Å². The number of morpholine rings is 1. The van der Waals surface area contributed by atoms with Crippen molar-refractivity contribution in [1.82, 2.24) is 19.8 Å². The van der Waals surface area contributed by atoms with Crippen molar-refractivity contribution in [2.75, 3.05) is 44.4 Å². The number of benzene rings is 1. The molecule has 1 amide bonds. The fourth-order valence-corrected chi connectivity index (χ4v) is 4.40. The maximum Gasteiger partial charge on any atom is 0.224 e. The molecule has 4 rings (SSSR count). The lowest BCUT2D eigenvalue weighted by Gasteiger charge is -2.36. The molecule has 0 bridgehead atoms. The SMILES string of the molecule is O=C(C[C@H]1COCCN1Cc1nc2ccccc2[nH]1)N1CCSCC1. The molecule has 0 spiro atoms. The highest BCUT2D eigenvalue weighted by Gasteiger charge is 2.28. The van der Waals surface area contributed by atoms with Gasteiger partial charge >= 0.3 is 0 Å². The van der Waals surface area contributed by atoms with Gasteiger partial charge in [0.05, 0.1) is 30.8 Å². The number of nitrogens with zero attached hydrogens (tertiary/aromatic N) is 3. The van der Waals surface area contributed by atoms with Crippen LogP contribution in [0.25, 0.3) is 11.0 Å². The normalized spacial score (nSPS) is 22.4. The van der Waals surface area contributed by atoms with Crippen LogP contribution in [0.3, 0.4) is 0 Å². The van der Waals surface area contributed by atoms with Crippen molar-refractivity contribution in [3.05, 3.63) is 30.1 Å². The summed E-state index contributed by atoms with van der Waals surface area (Å²) >= 11 is 1.93. The number of carbonyl (C=O) groups excluding carboxylic acids is 1. The predicted molar refractivity (Wildman–Crippen MR) is 99.6 cm³/mol. The standard InChI is InChI=1S/C18H24N4O2S/c23-18(21-6-9-25-10-7-21)11-14-13-24-8-5-22(14)12-17-19-15-3-1-2-4-16(15)20-17/h1-4,14H,5-13H2,(H,19,20)/t14-/m0/s1. The van der Waals surface area contributed by atoms with Gasteiger partial charge in [0, 0.05) is 43.6 Å². The van der Waals surface area contributed by atoms with Gasteiger partial charge in [-0.1, -0.05) is 12.1 Å². The van der Waals surface area contributed by atoms with Crippen LogP contribution in [0, 0.1) is 0 Å². The van der Waals surface area contributed by atoms with Gasteiger partial charge < -0.3 is 14.6 Å². The molecule has 0 unspecified atom stereocenters. The Labute approximate surface area is 151 Å². The van der Waals surface area contributed by atoms with Gasteiger partial charge in [0.15, 0.2) is 0 Å². The van der Waals surface area contributed by atoms with E-state index in [2.05, 4.69) is 14.9 Å². The number of hydrogen-bond acceptors (Lipinski definition) is 5. The van der Waals surface area contributed by atoms with Crippen molar-refractivity contribution in [3.63, 3.8) is 0 Å². The number of aromatic amines is 1. The molecule has 2 aliphatic rings. The van der Waals surface area contributed by atoms with Gasteiger partial charge in [0.25, 0.3) is 0 Å². The van der Waals surface area contributed by atoms with Crippen molar-refractivity contribution in [1.29, 1.82) is 0 Å². The average molecular weight is 360 g/mol. The summed E-state index contributed by atoms with van der Waals surface area (Å²) < 4.78 is 5.65. The quantitative estimate of drug-likeness (QED) is 0.900. The Hall–Kier alpha value is -1.57. The second kappa shape index (κ2) is 7.76. The molecule has 3 heterocycles. The summed E-state index contributed by atoms with van der Waals surface area (Å²) in [6.07, 6.45) is 0.533. The Morgan fingerprint density at radius 2 is 2.12 bits per heavy atom. The lowest BCUT2D eigenvalue weighted by atomic mass is 10.1. The average Bonchev–Trinajstić information content (AvgIpc) is 3.06. The second-order valence-corrected chi connectivity index (χ2v) is 7.82. The van der Waals surface area contributed by atoms with Crippen LogP contribution < -0.4 is 0 Å². The van der Waals surface area contributed by atoms with Crippen LogP contribution in [0.1, 0.15) is 12.2 Å². The molecule has 134 valence electrons. The van der Waals surface area contributed by atoms with Crippen LogP contribution in [-0.2, 0) is 16.1 Å². The molecule has 2 aromatic rings. The molecule has 2 aliphatic heterocycles. The lowest BCUT2D eigenvalue weighted by molar-refractivity contribution is -0.134. The first kappa shape index (κ1) is 16.9. The van der Waals surface area contributed by atoms with Gasteiger partial charge in [-0.15, -0.1) is 0 Å². The zero-order valence-corrected chi connectivity index (χ0v) is 15.1. The van der Waals surface area contributed by atoms with E-state index in [9.17, 15) is 4.79 Å². The van der Waals surface area contributed by atoms with Crippen molar-refractivity contribution in [3.8, 4) is 0 Å². The smallest absolute Gasteiger partial charge is 0.224 e. The largest absolute Gasteiger partial charge is 0.378 e. The number of fused-ring (bicyclic) bond motifs is 1. The molecule has 6 nitrogen and oxygen atoms in total. The Balaban J connectivity index is 1.42. The Kier molecular flexibility index (Phi) is 5.24. The van der Waals surface area contributed by atoms with Crippen molar-refractivity contribution < 1.29 is 9.53 Å². The molecule has 2 saturated heterocycles. The molecule has 2 fully saturated rings. The molecule has 25 heavy (non-hydrogen) atoms. The van der Waals surface area contributed by atoms with E-state index in [1.54, 1.807) is 0 Å². The molecule has 0 radical (unpaired) electrons. The zero-order valence-electron chi connectivity index (χ0n) is 14.3. The predicted octanol–water partition coefficient (Wildman–Crippen LogP) is 1.73. The van der Waals surface area contributed by atoms with Crippen molar-refractivity contribution in [2.45, 2.75) is 19.0 Å². The summed E-state index contributed by atoms with van der Waals surface area (Å²) in [6, 6.07) is 8.20. The van der Waals surface area contributed by atoms with E-state index in [1.807, 2.05) is 40.9 Å². The summed E-state index contributed by atoms with van der Waals surface area (Å²) in [5.74, 6) is 3.31. The monoisotopic (exact) mass is 360 g/mol. The zero-order chi connectivity index (χ0) is 17.1. The number of carbonyl (C=O) groups is 1. The molecule has 1 N–H and O–H groups in total. The van der Waals surface area contributed by atoms with Crippen molar-refractivity contribution in [2.24, 2.45) is 0 Å². The van der Waals surface area contributed by atoms with Gasteiger partial charge in [0.2, 0.25) is 5.91 Å². The van der Waals surface area contributed by atoms with E-state index in [0.717, 1.165) is 54.5 Å². The van der Waals surface area contributed by atoms with Crippen LogP contribution in [0.15, 0.2) is 24.3 Å². The number of H-pyrrole nitrogens is 1. The van der Waals surface area contributed by atoms with E-state index >= 15 is 0 Å². The number of rotatable bonds is 4. The topological polar surface area (TPSA) is 61.5 Å². The van der Waals surface area contributed by atoms with E-state index in [-0.39, 0.29) is 11.9 Å². The number of imidazole rings is 1. The minimum absolute atomic E-state index is 0.129. The first-order valence-corrected chi connectivity index (χ1v) is 10.1. The lowest BCUT2D eigenvalue weighted by Crippen LogP contribution is -2.48. The maximum absolute atomic E-state index is 12.6. The maximum atomic E-state index is 12.6. The van der Waals surface area contributed by atoms with Crippen LogP contribution in [0.4, 0.5) is 0 Å². The molecular weight excluding hydrogens is 336 g/mol. The third-order valence-electron chi connectivity index (χ3n) is 4.91. The molecular formula is C18H24N4O2S. The van der Waals surface area contributed by atoms with Crippen LogP contribution >= 0.6 is 11.8 Å². The number of ether oxygens (including phenoxy) is 1. The van der Waals surface area contributed by atoms with Crippen LogP contribution in [0.5, 0.6) is 0 Å². The minimum atomic E-state index is 0.129. The molecule has 0 aliphatic carbocycles. The van der Waals surface area contributed by atoms with Crippen LogP contribution in [0.2, 0.25) is 0 Å². The number of para-hydroxylation sites is 2. The Morgan fingerprint density at radius 1 is 1.28 bits per heavy atom. The van der Waals surface area contributed by atoms with E-state index in [4.69, 9.17) is 4.74 Å². The second-order valence-electron chi connectivity index (χ2n) is 6.60. The number of nitrogens with one attached hydrogen (secondary N) is 1. The molecule has 1 atom stereocenters. The summed E-state index contributed by atoms with van der Waals surface area (Å²) in [6.45, 7) is 4.65. The molecule has 7 heteroatoms. The minimum Gasteiger partial charge on any atom is -0.378 e. The number of thioether (sulfide) groups is 1. The molecule has 1 aromatic heterocycles. The van der Waals surface area contributed by atoms with E-state index in [0.29, 0.717) is 19.6 Å². The molecule has 0 saturated carbocycles. The van der Waals surface area contributed by atoms with Gasteiger partial charge in [-0.25, -0.2) is 4.98 Å². The highest BCUT2D eigenvalue weighted by molar-refractivity contribution is 7.99. The van der Waals surface area contributed by atoms with Crippen molar-refractivity contribution >= 4 is 28.7 Å². The third-order valence-corrected chi connectivity index (χ3v) is 5.86. The number of hydrogen-bond donors (Lipinski definition) is 1. The third kappa shape index (κ3) is 3.99. The Morgan fingerprint density at radius 3 is 2.96 bits per heavy atom. The first-order valence-electron chi connectivity index (χ1n) is 8.90. The Bertz CT molecular complexity index is 696. The summed E-state index contributed by atoms with van der Waals surface area (Å²) in [4.78, 5) is 25.0. The van der Waals surface area contributed by atoms with E-state index < -0.39 is 0 Å². The van der Waals surface area contributed by atoms with Gasteiger partial charge in [-0.2, -0.15) is 11.8 Å². The molecule has 1 aromatic carbocycles. The number of amides is 1. The highest BCUT2D eigenvalue weighted by atomic mass is 32.2. The van der Waals surface area contributed by atoms with Gasteiger partial charge in [-0.3, -0.25) is 9.69 Å². The fraction of sp³-hybridized carbons (Fsp3) is 0.556.